The van der Waals surface area contributed by atoms with Crippen LogP contribution < -0.4 is 5.32 Å². The van der Waals surface area contributed by atoms with Crippen LogP contribution >= 0.6 is 11.3 Å². The summed E-state index contributed by atoms with van der Waals surface area (Å²) < 4.78 is 2.09. The van der Waals surface area contributed by atoms with E-state index in [1.165, 1.54) is 11.3 Å². The highest BCUT2D eigenvalue weighted by molar-refractivity contribution is 7.12. The van der Waals surface area contributed by atoms with Gasteiger partial charge in [-0.2, -0.15) is 0 Å². The number of aliphatic hydroxyl groups is 1. The molecule has 2 heterocycles. The normalized spacial score (nSPS) is 12.4. The van der Waals surface area contributed by atoms with E-state index in [-0.39, 0.29) is 18.6 Å². The molecule has 108 valence electrons. The number of thiophene rings is 1. The van der Waals surface area contributed by atoms with Crippen LogP contribution in [0.1, 0.15) is 34.4 Å². The molecule has 0 bridgehead atoms. The van der Waals surface area contributed by atoms with E-state index in [1.54, 1.807) is 0 Å². The Morgan fingerprint density at radius 2 is 2.00 bits per heavy atom. The molecule has 0 radical (unpaired) electrons. The zero-order valence-electron chi connectivity index (χ0n) is 12.0. The number of nitrogens with one attached hydrogen (secondary N) is 1. The summed E-state index contributed by atoms with van der Waals surface area (Å²) in [6.45, 7) is 6.03. The van der Waals surface area contributed by atoms with Crippen LogP contribution in [0.5, 0.6) is 0 Å². The van der Waals surface area contributed by atoms with Crippen LogP contribution in [0.4, 0.5) is 0 Å². The maximum Gasteiger partial charge on any atom is 0.263 e. The zero-order chi connectivity index (χ0) is 14.7. The number of carbonyl (C=O) groups excluding carboxylic acids is 1. The Morgan fingerprint density at radius 3 is 2.60 bits per heavy atom. The molecular formula is C15H20N2O2S. The molecule has 2 aromatic heterocycles. The number of rotatable bonds is 5. The minimum absolute atomic E-state index is 0.0330. The highest BCUT2D eigenvalue weighted by atomic mass is 32.1. The fraction of sp³-hybridized carbons (Fsp3) is 0.400. The number of aliphatic hydroxyl groups excluding tert-OH is 1. The van der Waals surface area contributed by atoms with Crippen molar-refractivity contribution >= 4 is 17.2 Å². The van der Waals surface area contributed by atoms with Gasteiger partial charge in [0, 0.05) is 24.0 Å². The van der Waals surface area contributed by atoms with Crippen molar-refractivity contribution in [3.8, 4) is 5.69 Å². The van der Waals surface area contributed by atoms with Crippen molar-refractivity contribution < 1.29 is 9.90 Å². The number of carbonyl (C=O) groups is 1. The lowest BCUT2D eigenvalue weighted by molar-refractivity contribution is 0.0938. The number of aromatic nitrogens is 1. The molecule has 4 nitrogen and oxygen atoms in total. The van der Waals surface area contributed by atoms with E-state index < -0.39 is 0 Å². The Labute approximate surface area is 123 Å². The second-order valence-corrected chi connectivity index (χ2v) is 5.89. The molecular weight excluding hydrogens is 272 g/mol. The third kappa shape index (κ3) is 2.94. The van der Waals surface area contributed by atoms with Crippen LogP contribution in [0.25, 0.3) is 5.69 Å². The first-order chi connectivity index (χ1) is 9.54. The van der Waals surface area contributed by atoms with Crippen LogP contribution in [0.2, 0.25) is 0 Å². The van der Waals surface area contributed by atoms with E-state index in [2.05, 4.69) is 9.88 Å². The summed E-state index contributed by atoms with van der Waals surface area (Å²) in [6, 6.07) is 6.02. The second-order valence-electron chi connectivity index (χ2n) is 4.97. The number of amides is 1. The lowest BCUT2D eigenvalue weighted by Gasteiger charge is -2.14. The largest absolute Gasteiger partial charge is 0.396 e. The van der Waals surface area contributed by atoms with Crippen LogP contribution in [0.3, 0.4) is 0 Å². The highest BCUT2D eigenvalue weighted by Gasteiger charge is 2.18. The van der Waals surface area contributed by atoms with Crippen molar-refractivity contribution in [2.45, 2.75) is 33.2 Å². The van der Waals surface area contributed by atoms with Crippen molar-refractivity contribution in [1.82, 2.24) is 9.88 Å². The van der Waals surface area contributed by atoms with Gasteiger partial charge in [0.25, 0.3) is 5.91 Å². The molecule has 1 unspecified atom stereocenters. The van der Waals surface area contributed by atoms with E-state index in [1.807, 2.05) is 44.4 Å². The first-order valence-electron chi connectivity index (χ1n) is 6.69. The molecule has 0 aliphatic heterocycles. The van der Waals surface area contributed by atoms with Gasteiger partial charge in [-0.15, -0.1) is 11.3 Å². The Hall–Kier alpha value is -1.59. The Balaban J connectivity index is 2.27. The summed E-state index contributed by atoms with van der Waals surface area (Å²) in [5, 5.41) is 13.8. The number of aryl methyl sites for hydroxylation is 2. The molecule has 0 aliphatic carbocycles. The van der Waals surface area contributed by atoms with E-state index in [9.17, 15) is 4.79 Å². The summed E-state index contributed by atoms with van der Waals surface area (Å²) in [5.41, 5.74) is 3.14. The quantitative estimate of drug-likeness (QED) is 0.890. The maximum atomic E-state index is 12.3. The molecule has 2 N–H and O–H groups in total. The van der Waals surface area contributed by atoms with Crippen molar-refractivity contribution in [2.75, 3.05) is 6.61 Å². The van der Waals surface area contributed by atoms with E-state index in [0.717, 1.165) is 17.1 Å². The summed E-state index contributed by atoms with van der Waals surface area (Å²) in [7, 11) is 0. The summed E-state index contributed by atoms with van der Waals surface area (Å²) in [6.07, 6.45) is 0.564. The molecule has 0 saturated heterocycles. The summed E-state index contributed by atoms with van der Waals surface area (Å²) in [4.78, 5) is 13.0. The van der Waals surface area contributed by atoms with Gasteiger partial charge in [-0.25, -0.2) is 0 Å². The van der Waals surface area contributed by atoms with E-state index >= 15 is 0 Å². The third-order valence-electron chi connectivity index (χ3n) is 3.30. The van der Waals surface area contributed by atoms with Gasteiger partial charge in [-0.05, 0) is 50.8 Å². The summed E-state index contributed by atoms with van der Waals surface area (Å²) >= 11 is 1.44. The third-order valence-corrected chi connectivity index (χ3v) is 4.20. The fourth-order valence-corrected chi connectivity index (χ4v) is 3.03. The molecule has 1 atom stereocenters. The van der Waals surface area contributed by atoms with Crippen molar-refractivity contribution in [1.29, 1.82) is 0 Å². The minimum Gasteiger partial charge on any atom is -0.396 e. The van der Waals surface area contributed by atoms with Crippen LogP contribution in [0, 0.1) is 13.8 Å². The van der Waals surface area contributed by atoms with Gasteiger partial charge in [0.1, 0.15) is 4.88 Å². The molecule has 1 amide bonds. The number of nitrogens with zero attached hydrogens (tertiary/aromatic N) is 1. The maximum absolute atomic E-state index is 12.3. The molecule has 2 aromatic rings. The average molecular weight is 292 g/mol. The molecule has 0 aliphatic rings. The van der Waals surface area contributed by atoms with Gasteiger partial charge < -0.3 is 15.0 Å². The van der Waals surface area contributed by atoms with Crippen LogP contribution in [-0.2, 0) is 0 Å². The standard InChI is InChI=1S/C15H20N2O2S/c1-10(6-8-18)16-15(19)14-13(7-9-20-14)17-11(2)4-5-12(17)3/h4-5,7,9-10,18H,6,8H2,1-3H3,(H,16,19). The SMILES string of the molecule is Cc1ccc(C)n1-c1ccsc1C(=O)NC(C)CCO. The van der Waals surface area contributed by atoms with Gasteiger partial charge >= 0.3 is 0 Å². The highest BCUT2D eigenvalue weighted by Crippen LogP contribution is 2.25. The van der Waals surface area contributed by atoms with Gasteiger partial charge in [0.2, 0.25) is 0 Å². The minimum atomic E-state index is -0.0801. The molecule has 2 rings (SSSR count). The monoisotopic (exact) mass is 292 g/mol. The molecule has 0 fully saturated rings. The van der Waals surface area contributed by atoms with Crippen molar-refractivity contribution in [2.24, 2.45) is 0 Å². The van der Waals surface area contributed by atoms with Gasteiger partial charge in [-0.1, -0.05) is 0 Å². The fourth-order valence-electron chi connectivity index (χ4n) is 2.25. The van der Waals surface area contributed by atoms with E-state index in [4.69, 9.17) is 5.11 Å². The lowest BCUT2D eigenvalue weighted by Crippen LogP contribution is -2.33. The smallest absolute Gasteiger partial charge is 0.263 e. The number of hydrogen-bond donors (Lipinski definition) is 2. The molecule has 20 heavy (non-hydrogen) atoms. The molecule has 5 heteroatoms. The zero-order valence-corrected chi connectivity index (χ0v) is 12.8. The Bertz CT molecular complexity index is 581. The topological polar surface area (TPSA) is 54.3 Å². The van der Waals surface area contributed by atoms with Gasteiger partial charge in [0.15, 0.2) is 0 Å². The van der Waals surface area contributed by atoms with Crippen molar-refractivity contribution in [3.63, 3.8) is 0 Å². The predicted octanol–water partition coefficient (Wildman–Crippen LogP) is 2.66. The number of hydrogen-bond acceptors (Lipinski definition) is 3. The first kappa shape index (κ1) is 14.8. The van der Waals surface area contributed by atoms with Gasteiger partial charge in [0.05, 0.1) is 5.69 Å². The molecule has 0 aromatic carbocycles. The average Bonchev–Trinajstić information content (AvgIpc) is 2.96. The summed E-state index contributed by atoms with van der Waals surface area (Å²) in [5.74, 6) is -0.0801. The predicted molar refractivity (Wildman–Crippen MR) is 81.8 cm³/mol. The first-order valence-corrected chi connectivity index (χ1v) is 7.57. The van der Waals surface area contributed by atoms with Crippen LogP contribution in [0.15, 0.2) is 23.6 Å². The Morgan fingerprint density at radius 1 is 1.35 bits per heavy atom. The van der Waals surface area contributed by atoms with Gasteiger partial charge in [-0.3, -0.25) is 4.79 Å². The molecule has 0 spiro atoms. The Kier molecular flexibility index (Phi) is 4.62. The lowest BCUT2D eigenvalue weighted by atomic mass is 10.2. The second kappa shape index (κ2) is 6.24. The van der Waals surface area contributed by atoms with E-state index in [0.29, 0.717) is 11.3 Å². The van der Waals surface area contributed by atoms with Crippen molar-refractivity contribution in [3.05, 3.63) is 39.8 Å². The molecule has 0 saturated carbocycles. The van der Waals surface area contributed by atoms with Crippen LogP contribution in [-0.4, -0.2) is 28.2 Å².